The molecule has 4 rings (SSSR count). The van der Waals surface area contributed by atoms with Crippen LogP contribution < -0.4 is 10.2 Å². The van der Waals surface area contributed by atoms with Crippen LogP contribution in [-0.2, 0) is 12.7 Å². The minimum absolute atomic E-state index is 0.130. The monoisotopic (exact) mass is 417 g/mol. The number of fused-ring (bicyclic) bond motifs is 1. The fourth-order valence-corrected chi connectivity index (χ4v) is 3.70. The van der Waals surface area contributed by atoms with Gasteiger partial charge in [-0.15, -0.1) is 0 Å². The Kier molecular flexibility index (Phi) is 5.27. The number of rotatable bonds is 3. The van der Waals surface area contributed by atoms with Crippen molar-refractivity contribution in [2.24, 2.45) is 0 Å². The van der Waals surface area contributed by atoms with E-state index in [2.05, 4.69) is 21.7 Å². The third-order valence-corrected chi connectivity index (χ3v) is 5.24. The molecule has 30 heavy (non-hydrogen) atoms. The number of anilines is 2. The standard InChI is InChI=1S/C21H22F3N5O/c1-2-29-18-9-4-3-8-17(18)26-19(29)27-10-12-28(13-11-27)20(30)25-16-7-5-6-15(14-16)21(22,23)24/h3-9,14H,2,10-13H2,1H3,(H,25,30). The predicted octanol–water partition coefficient (Wildman–Crippen LogP) is 4.43. The highest BCUT2D eigenvalue weighted by Gasteiger charge is 2.31. The summed E-state index contributed by atoms with van der Waals surface area (Å²) in [6.07, 6.45) is -4.45. The first kappa shape index (κ1) is 20.1. The summed E-state index contributed by atoms with van der Waals surface area (Å²) in [7, 11) is 0. The zero-order chi connectivity index (χ0) is 21.3. The molecule has 0 aliphatic carbocycles. The van der Waals surface area contributed by atoms with E-state index < -0.39 is 17.8 Å². The quantitative estimate of drug-likeness (QED) is 0.686. The van der Waals surface area contributed by atoms with Gasteiger partial charge in [-0.3, -0.25) is 0 Å². The smallest absolute Gasteiger partial charge is 0.339 e. The molecule has 0 saturated carbocycles. The van der Waals surface area contributed by atoms with Crippen LogP contribution in [0.5, 0.6) is 0 Å². The molecular formula is C21H22F3N5O. The lowest BCUT2D eigenvalue weighted by Gasteiger charge is -2.35. The maximum Gasteiger partial charge on any atom is 0.416 e. The molecule has 0 unspecified atom stereocenters. The maximum atomic E-state index is 12.9. The molecule has 1 aliphatic rings. The number of alkyl halides is 3. The molecule has 1 saturated heterocycles. The van der Waals surface area contributed by atoms with Crippen molar-refractivity contribution in [1.29, 1.82) is 0 Å². The number of nitrogens with zero attached hydrogens (tertiary/aromatic N) is 4. The van der Waals surface area contributed by atoms with Gasteiger partial charge in [-0.25, -0.2) is 9.78 Å². The van der Waals surface area contributed by atoms with Crippen LogP contribution in [0.2, 0.25) is 0 Å². The Hall–Kier alpha value is -3.23. The van der Waals surface area contributed by atoms with Crippen molar-refractivity contribution < 1.29 is 18.0 Å². The van der Waals surface area contributed by atoms with E-state index in [0.29, 0.717) is 26.2 Å². The number of benzene rings is 2. The molecule has 1 aromatic heterocycles. The highest BCUT2D eigenvalue weighted by molar-refractivity contribution is 5.89. The average Bonchev–Trinajstić information content (AvgIpc) is 3.12. The number of carbonyl (C=O) groups excluding carboxylic acids is 1. The number of urea groups is 1. The fourth-order valence-electron chi connectivity index (χ4n) is 3.70. The summed E-state index contributed by atoms with van der Waals surface area (Å²) in [5, 5.41) is 2.57. The Morgan fingerprint density at radius 3 is 2.50 bits per heavy atom. The van der Waals surface area contributed by atoms with Gasteiger partial charge in [0.1, 0.15) is 0 Å². The molecule has 1 N–H and O–H groups in total. The Morgan fingerprint density at radius 1 is 1.07 bits per heavy atom. The highest BCUT2D eigenvalue weighted by atomic mass is 19.4. The highest BCUT2D eigenvalue weighted by Crippen LogP contribution is 2.30. The number of aromatic nitrogens is 2. The summed E-state index contributed by atoms with van der Waals surface area (Å²) >= 11 is 0. The first-order valence-corrected chi connectivity index (χ1v) is 9.80. The number of amides is 2. The second-order valence-electron chi connectivity index (χ2n) is 7.13. The van der Waals surface area contributed by atoms with Crippen LogP contribution in [0.25, 0.3) is 11.0 Å². The Bertz CT molecular complexity index is 1050. The molecule has 0 bridgehead atoms. The average molecular weight is 417 g/mol. The molecule has 2 amide bonds. The summed E-state index contributed by atoms with van der Waals surface area (Å²) in [6.45, 7) is 4.95. The van der Waals surface area contributed by atoms with Gasteiger partial charge in [0.25, 0.3) is 0 Å². The first-order chi connectivity index (χ1) is 14.4. The van der Waals surface area contributed by atoms with Crippen LogP contribution in [0.15, 0.2) is 48.5 Å². The van der Waals surface area contributed by atoms with E-state index in [1.54, 1.807) is 4.90 Å². The van der Waals surface area contributed by atoms with Gasteiger partial charge < -0.3 is 19.7 Å². The predicted molar refractivity (Wildman–Crippen MR) is 110 cm³/mol. The van der Waals surface area contributed by atoms with Crippen LogP contribution in [-0.4, -0.2) is 46.7 Å². The van der Waals surface area contributed by atoms with Gasteiger partial charge in [0, 0.05) is 38.4 Å². The molecule has 0 radical (unpaired) electrons. The van der Waals surface area contributed by atoms with E-state index >= 15 is 0 Å². The van der Waals surface area contributed by atoms with E-state index in [4.69, 9.17) is 4.98 Å². The first-order valence-electron chi connectivity index (χ1n) is 9.80. The lowest BCUT2D eigenvalue weighted by molar-refractivity contribution is -0.137. The third kappa shape index (κ3) is 3.92. The summed E-state index contributed by atoms with van der Waals surface area (Å²) in [4.78, 5) is 21.0. The van der Waals surface area contributed by atoms with Crippen molar-refractivity contribution in [3.05, 3.63) is 54.1 Å². The molecule has 6 nitrogen and oxygen atoms in total. The molecule has 158 valence electrons. The summed E-state index contributed by atoms with van der Waals surface area (Å²) in [5.41, 5.74) is 1.34. The second kappa shape index (κ2) is 7.89. The molecule has 1 fully saturated rings. The van der Waals surface area contributed by atoms with Crippen LogP contribution in [0.1, 0.15) is 12.5 Å². The van der Waals surface area contributed by atoms with E-state index in [9.17, 15) is 18.0 Å². The second-order valence-corrected chi connectivity index (χ2v) is 7.13. The lowest BCUT2D eigenvalue weighted by Crippen LogP contribution is -2.50. The van der Waals surface area contributed by atoms with Crippen molar-refractivity contribution in [2.45, 2.75) is 19.6 Å². The van der Waals surface area contributed by atoms with E-state index in [1.165, 1.54) is 12.1 Å². The van der Waals surface area contributed by atoms with Gasteiger partial charge >= 0.3 is 12.2 Å². The van der Waals surface area contributed by atoms with Crippen LogP contribution in [0, 0.1) is 0 Å². The lowest BCUT2D eigenvalue weighted by atomic mass is 10.2. The number of piperazine rings is 1. The van der Waals surface area contributed by atoms with Crippen molar-refractivity contribution in [2.75, 3.05) is 36.4 Å². The van der Waals surface area contributed by atoms with Crippen LogP contribution >= 0.6 is 0 Å². The number of carbonyl (C=O) groups is 1. The minimum atomic E-state index is -4.45. The molecule has 2 aromatic carbocycles. The third-order valence-electron chi connectivity index (χ3n) is 5.24. The summed E-state index contributed by atoms with van der Waals surface area (Å²) in [6, 6.07) is 12.2. The van der Waals surface area contributed by atoms with E-state index in [1.807, 2.05) is 24.3 Å². The van der Waals surface area contributed by atoms with E-state index in [-0.39, 0.29) is 5.69 Å². The Morgan fingerprint density at radius 2 is 1.80 bits per heavy atom. The van der Waals surface area contributed by atoms with Gasteiger partial charge in [0.05, 0.1) is 16.6 Å². The molecule has 0 spiro atoms. The van der Waals surface area contributed by atoms with E-state index in [0.717, 1.165) is 35.7 Å². The number of halogens is 3. The van der Waals surface area contributed by atoms with Crippen LogP contribution in [0.3, 0.4) is 0 Å². The number of para-hydroxylation sites is 2. The van der Waals surface area contributed by atoms with Gasteiger partial charge in [0.2, 0.25) is 5.95 Å². The Balaban J connectivity index is 1.42. The van der Waals surface area contributed by atoms with Crippen molar-refractivity contribution in [3.63, 3.8) is 0 Å². The molecule has 9 heteroatoms. The molecule has 2 heterocycles. The number of aryl methyl sites for hydroxylation is 1. The number of hydrogen-bond acceptors (Lipinski definition) is 3. The minimum Gasteiger partial charge on any atom is -0.339 e. The topological polar surface area (TPSA) is 53.4 Å². The van der Waals surface area contributed by atoms with Crippen molar-refractivity contribution in [3.8, 4) is 0 Å². The molecular weight excluding hydrogens is 395 g/mol. The zero-order valence-electron chi connectivity index (χ0n) is 16.5. The summed E-state index contributed by atoms with van der Waals surface area (Å²) < 4.78 is 40.7. The van der Waals surface area contributed by atoms with Crippen molar-refractivity contribution >= 4 is 28.7 Å². The molecule has 3 aromatic rings. The number of nitrogens with one attached hydrogen (secondary N) is 1. The Labute approximate surface area is 171 Å². The normalized spacial score (nSPS) is 14.9. The SMILES string of the molecule is CCn1c(N2CCN(C(=O)Nc3cccc(C(F)(F)F)c3)CC2)nc2ccccc21. The number of hydrogen-bond donors (Lipinski definition) is 1. The molecule has 0 atom stereocenters. The van der Waals surface area contributed by atoms with Crippen LogP contribution in [0.4, 0.5) is 29.6 Å². The fraction of sp³-hybridized carbons (Fsp3) is 0.333. The zero-order valence-corrected chi connectivity index (χ0v) is 16.5. The van der Waals surface area contributed by atoms with Crippen molar-refractivity contribution in [1.82, 2.24) is 14.5 Å². The summed E-state index contributed by atoms with van der Waals surface area (Å²) in [5.74, 6) is 0.872. The van der Waals surface area contributed by atoms with Gasteiger partial charge in [-0.05, 0) is 37.3 Å². The number of imidazole rings is 1. The maximum absolute atomic E-state index is 12.9. The largest absolute Gasteiger partial charge is 0.416 e. The van der Waals surface area contributed by atoms with Gasteiger partial charge in [0.15, 0.2) is 0 Å². The van der Waals surface area contributed by atoms with Gasteiger partial charge in [-0.1, -0.05) is 18.2 Å². The van der Waals surface area contributed by atoms with Gasteiger partial charge in [-0.2, -0.15) is 13.2 Å². The molecule has 1 aliphatic heterocycles.